The zero-order valence-corrected chi connectivity index (χ0v) is 40.0. The van der Waals surface area contributed by atoms with Gasteiger partial charge < -0.3 is 36.8 Å². The molecule has 3 fully saturated rings. The number of hydrogen-bond donors (Lipinski definition) is 7. The lowest BCUT2D eigenvalue weighted by Crippen LogP contribution is -2.56. The molecule has 5 rings (SSSR count). The van der Waals surface area contributed by atoms with Gasteiger partial charge in [0.2, 0.25) is 17.7 Å². The van der Waals surface area contributed by atoms with E-state index in [-0.39, 0.29) is 52.9 Å². The molecular formula is C44H65N9O4S4. The Balaban J connectivity index is 1.21. The molecule has 61 heavy (non-hydrogen) atoms. The average molecular weight is 912 g/mol. The van der Waals surface area contributed by atoms with Gasteiger partial charge in [0.15, 0.2) is 0 Å². The maximum absolute atomic E-state index is 14.3. The molecule has 2 aromatic rings. The summed E-state index contributed by atoms with van der Waals surface area (Å²) in [5.74, 6) is 7.30. The number of hydrogen-bond acceptors (Lipinski definition) is 11. The molecule has 17 heteroatoms. The Morgan fingerprint density at radius 2 is 1.34 bits per heavy atom. The molecule has 0 spiro atoms. The zero-order valence-electron chi connectivity index (χ0n) is 36.8. The molecule has 13 nitrogen and oxygen atoms in total. The summed E-state index contributed by atoms with van der Waals surface area (Å²) in [6.07, 6.45) is 3.92. The number of hydrazine groups is 1. The summed E-state index contributed by atoms with van der Waals surface area (Å²) in [6, 6.07) is 13.7. The van der Waals surface area contributed by atoms with Crippen molar-refractivity contribution in [1.82, 2.24) is 31.2 Å². The first-order valence-electron chi connectivity index (χ1n) is 21.2. The number of thioether (sulfide) groups is 2. The van der Waals surface area contributed by atoms with E-state index in [1.165, 1.54) is 5.01 Å². The van der Waals surface area contributed by atoms with E-state index in [1.54, 1.807) is 28.4 Å². The van der Waals surface area contributed by atoms with E-state index < -0.39 is 29.0 Å². The van der Waals surface area contributed by atoms with Crippen LogP contribution in [0.15, 0.2) is 48.5 Å². The second-order valence-corrected chi connectivity index (χ2v) is 21.3. The Morgan fingerprint density at radius 1 is 0.836 bits per heavy atom. The first kappa shape index (κ1) is 48.7. The lowest BCUT2D eigenvalue weighted by Gasteiger charge is -2.34. The Hall–Kier alpha value is -3.32. The van der Waals surface area contributed by atoms with Crippen molar-refractivity contribution in [2.24, 2.45) is 16.7 Å². The number of likely N-dealkylation sites (N-methyl/N-ethyl adjacent to an activating group) is 2. The predicted molar refractivity (Wildman–Crippen MR) is 258 cm³/mol. The minimum Gasteiger partial charge on any atom is -0.367 e. The van der Waals surface area contributed by atoms with Gasteiger partial charge in [0, 0.05) is 17.8 Å². The molecule has 3 aliphatic rings. The van der Waals surface area contributed by atoms with Crippen molar-refractivity contribution in [3.63, 3.8) is 0 Å². The smallest absolute Gasteiger partial charge is 0.260 e. The molecule has 8 N–H and O–H groups in total. The third-order valence-electron chi connectivity index (χ3n) is 12.0. The average Bonchev–Trinajstić information content (AvgIpc) is 3.32. The Morgan fingerprint density at radius 3 is 1.90 bits per heavy atom. The maximum atomic E-state index is 14.3. The van der Waals surface area contributed by atoms with Gasteiger partial charge >= 0.3 is 0 Å². The van der Waals surface area contributed by atoms with Gasteiger partial charge in [0.1, 0.15) is 18.1 Å². The standard InChI is InChI=1S/C44H65N9O4S4/c1-26(46-7)39(58)50-32-19-21-60-35-25-44(5,6)37(52(35)41(32)56)38(55)49-31-16-12-10-14-29(31)18-17-28-13-9-11-15-30(28)48-34(54)23-43(3,4)24-36-53(45)42(57)33(20-22-61-36)51-40(59)27(2)47-8/h9-16,26-27,32-33,35-37,46-47H,17-25,45H2,1-8H3,(H,48,54)(H,49,55)(H,50,58)(H,51,59)/t26-,27-,32-,33-,35-,36-,37+/m0/s1. The number of nitrogens with one attached hydrogen (secondary N) is 6. The van der Waals surface area contributed by atoms with Gasteiger partial charge in [-0.2, -0.15) is 0 Å². The molecule has 3 aliphatic heterocycles. The van der Waals surface area contributed by atoms with E-state index in [0.717, 1.165) is 28.3 Å². The zero-order chi connectivity index (χ0) is 44.6. The number of thiocarbonyl (C=S) groups is 2. The quantitative estimate of drug-likeness (QED) is 0.0667. The van der Waals surface area contributed by atoms with Gasteiger partial charge in [-0.05, 0) is 112 Å². The number of anilines is 2. The monoisotopic (exact) mass is 911 g/mol. The molecular weight excluding hydrogens is 847 g/mol. The highest BCUT2D eigenvalue weighted by atomic mass is 32.2. The number of nitrogens with two attached hydrogens (primary N) is 1. The Bertz CT molecular complexity index is 1930. The van der Waals surface area contributed by atoms with Gasteiger partial charge in [0.25, 0.3) is 5.91 Å². The van der Waals surface area contributed by atoms with Gasteiger partial charge in [-0.1, -0.05) is 88.5 Å². The lowest BCUT2D eigenvalue weighted by atomic mass is 9.84. The molecule has 3 heterocycles. The molecule has 0 bridgehead atoms. The Labute approximate surface area is 381 Å². The van der Waals surface area contributed by atoms with Gasteiger partial charge in [-0.15, -0.1) is 23.5 Å². The van der Waals surface area contributed by atoms with Crippen LogP contribution in [0.4, 0.5) is 11.4 Å². The number of amides is 4. The first-order chi connectivity index (χ1) is 28.8. The van der Waals surface area contributed by atoms with E-state index in [4.69, 9.17) is 30.3 Å². The van der Waals surface area contributed by atoms with Crippen LogP contribution in [-0.2, 0) is 32.0 Å². The van der Waals surface area contributed by atoms with Crippen molar-refractivity contribution in [2.75, 3.05) is 36.2 Å². The number of fused-ring (bicyclic) bond motifs is 1. The molecule has 4 amide bonds. The summed E-state index contributed by atoms with van der Waals surface area (Å²) >= 11 is 14.4. The maximum Gasteiger partial charge on any atom is 0.260 e. The number of aryl methyl sites for hydroxylation is 2. The fraction of sp³-hybridized carbons (Fsp3) is 0.591. The molecule has 0 unspecified atom stereocenters. The fourth-order valence-electron chi connectivity index (χ4n) is 8.21. The van der Waals surface area contributed by atoms with Crippen LogP contribution < -0.4 is 37.7 Å². The molecule has 3 saturated heterocycles. The van der Waals surface area contributed by atoms with Crippen LogP contribution in [-0.4, -0.2) is 110 Å². The second-order valence-electron chi connectivity index (χ2n) is 17.9. The molecule has 0 aliphatic carbocycles. The minimum atomic E-state index is -0.664. The van der Waals surface area contributed by atoms with Crippen molar-refractivity contribution in [2.45, 2.75) is 127 Å². The van der Waals surface area contributed by atoms with Crippen LogP contribution in [0.1, 0.15) is 84.8 Å². The van der Waals surface area contributed by atoms with Crippen molar-refractivity contribution in [3.05, 3.63) is 59.7 Å². The molecule has 7 atom stereocenters. The summed E-state index contributed by atoms with van der Waals surface area (Å²) in [5, 5.41) is 20.0. The molecule has 0 aromatic heterocycles. The largest absolute Gasteiger partial charge is 0.367 e. The molecule has 0 saturated carbocycles. The molecule has 334 valence electrons. The summed E-state index contributed by atoms with van der Waals surface area (Å²) in [7, 11) is 3.65. The highest BCUT2D eigenvalue weighted by Gasteiger charge is 2.54. The number of nitrogens with zero attached hydrogens (tertiary/aromatic N) is 2. The second kappa shape index (κ2) is 21.4. The molecule has 2 aromatic carbocycles. The number of benzene rings is 2. The van der Waals surface area contributed by atoms with E-state index in [0.29, 0.717) is 54.2 Å². The van der Waals surface area contributed by atoms with Gasteiger partial charge in [-0.25, -0.2) is 5.84 Å². The highest BCUT2D eigenvalue weighted by molar-refractivity contribution is 8.00. The summed E-state index contributed by atoms with van der Waals surface area (Å²) in [5.41, 5.74) is 2.43. The predicted octanol–water partition coefficient (Wildman–Crippen LogP) is 5.20. The van der Waals surface area contributed by atoms with E-state index in [9.17, 15) is 19.2 Å². The van der Waals surface area contributed by atoms with E-state index >= 15 is 0 Å². The minimum absolute atomic E-state index is 0.0714. The molecule has 0 radical (unpaired) electrons. The van der Waals surface area contributed by atoms with E-state index in [2.05, 4.69) is 45.7 Å². The summed E-state index contributed by atoms with van der Waals surface area (Å²) in [6.45, 7) is 12.1. The summed E-state index contributed by atoms with van der Waals surface area (Å²) < 4.78 is 0. The highest BCUT2D eigenvalue weighted by Crippen LogP contribution is 2.46. The van der Waals surface area contributed by atoms with Crippen LogP contribution in [0.5, 0.6) is 0 Å². The normalized spacial score (nSPS) is 23.9. The van der Waals surface area contributed by atoms with Crippen molar-refractivity contribution >= 4 is 92.9 Å². The number of carbonyl (C=O) groups is 4. The first-order valence-corrected chi connectivity index (χ1v) is 24.1. The van der Waals surface area contributed by atoms with Crippen molar-refractivity contribution in [1.29, 1.82) is 0 Å². The van der Waals surface area contributed by atoms with Gasteiger partial charge in [0.05, 0.1) is 32.8 Å². The van der Waals surface area contributed by atoms with Crippen LogP contribution in [0.3, 0.4) is 0 Å². The Kier molecular flexibility index (Phi) is 17.1. The third-order valence-corrected chi connectivity index (χ3v) is 15.5. The van der Waals surface area contributed by atoms with Crippen LogP contribution in [0.2, 0.25) is 0 Å². The SMILES string of the molecule is CN[C@@H](C)C(=S)N[C@H]1CCS[C@@H](CC(C)(C)CC(=O)Nc2ccccc2CCc2ccccc2NC(=O)[C@H]2N3C(=O)[C@@H](NC(=S)[C@H](C)NC)CCS[C@H]3CC2(C)C)N(N)C1=O. The number of rotatable bonds is 16. The van der Waals surface area contributed by atoms with Gasteiger partial charge in [-0.3, -0.25) is 24.2 Å². The summed E-state index contributed by atoms with van der Waals surface area (Å²) in [4.78, 5) is 58.5. The van der Waals surface area contributed by atoms with Crippen LogP contribution in [0.25, 0.3) is 0 Å². The van der Waals surface area contributed by atoms with Crippen LogP contribution in [0, 0.1) is 10.8 Å². The topological polar surface area (TPSA) is 173 Å². The number of carbonyl (C=O) groups excluding carboxylic acids is 4. The lowest BCUT2D eigenvalue weighted by molar-refractivity contribution is -0.140. The van der Waals surface area contributed by atoms with E-state index in [1.807, 2.05) is 90.3 Å². The fourth-order valence-corrected chi connectivity index (χ4v) is 11.8. The van der Waals surface area contributed by atoms with Crippen molar-refractivity contribution in [3.8, 4) is 0 Å². The number of para-hydroxylation sites is 2. The third kappa shape index (κ3) is 12.4. The van der Waals surface area contributed by atoms with Crippen molar-refractivity contribution < 1.29 is 19.2 Å². The van der Waals surface area contributed by atoms with Crippen LogP contribution >= 0.6 is 48.0 Å².